The van der Waals surface area contributed by atoms with E-state index in [2.05, 4.69) is 10.5 Å². The smallest absolute Gasteiger partial charge is 0.132 e. The van der Waals surface area contributed by atoms with E-state index in [9.17, 15) is 4.39 Å². The zero-order valence-electron chi connectivity index (χ0n) is 9.52. The van der Waals surface area contributed by atoms with Gasteiger partial charge in [-0.05, 0) is 31.2 Å². The third-order valence-electron chi connectivity index (χ3n) is 2.32. The zero-order valence-corrected chi connectivity index (χ0v) is 9.52. The number of halogens is 1. The fourth-order valence-electron chi connectivity index (χ4n) is 1.45. The number of hydrazone groups is 1. The molecule has 0 spiro atoms. The second-order valence-corrected chi connectivity index (χ2v) is 3.76. The summed E-state index contributed by atoms with van der Waals surface area (Å²) in [4.78, 5) is 0. The van der Waals surface area contributed by atoms with Crippen LogP contribution in [-0.2, 0) is 0 Å². The van der Waals surface area contributed by atoms with Gasteiger partial charge in [0.25, 0.3) is 0 Å². The van der Waals surface area contributed by atoms with E-state index >= 15 is 0 Å². The highest BCUT2D eigenvalue weighted by Crippen LogP contribution is 2.08. The first kappa shape index (κ1) is 11.3. The normalized spacial score (nSPS) is 10.7. The number of para-hydroxylation sites is 1. The molecule has 0 atom stereocenters. The van der Waals surface area contributed by atoms with Crippen LogP contribution in [0.1, 0.15) is 11.1 Å². The molecule has 17 heavy (non-hydrogen) atoms. The van der Waals surface area contributed by atoms with E-state index < -0.39 is 0 Å². The van der Waals surface area contributed by atoms with Crippen molar-refractivity contribution in [3.05, 3.63) is 65.5 Å². The fraction of sp³-hybridized carbons (Fsp3) is 0.0714. The molecule has 0 saturated carbocycles. The van der Waals surface area contributed by atoms with Gasteiger partial charge < -0.3 is 0 Å². The van der Waals surface area contributed by atoms with Gasteiger partial charge in [-0.15, -0.1) is 0 Å². The van der Waals surface area contributed by atoms with Gasteiger partial charge in [0.05, 0.1) is 11.9 Å². The van der Waals surface area contributed by atoms with Crippen LogP contribution >= 0.6 is 0 Å². The highest BCUT2D eigenvalue weighted by Gasteiger charge is 1.98. The summed E-state index contributed by atoms with van der Waals surface area (Å²) < 4.78 is 13.4. The van der Waals surface area contributed by atoms with Crippen molar-refractivity contribution in [2.45, 2.75) is 6.92 Å². The van der Waals surface area contributed by atoms with E-state index in [1.807, 2.05) is 37.3 Å². The van der Waals surface area contributed by atoms with Crippen LogP contribution in [0, 0.1) is 12.7 Å². The van der Waals surface area contributed by atoms with Crippen LogP contribution < -0.4 is 5.43 Å². The van der Waals surface area contributed by atoms with E-state index in [-0.39, 0.29) is 5.82 Å². The number of rotatable bonds is 3. The molecule has 0 fully saturated rings. The first-order valence-corrected chi connectivity index (χ1v) is 5.36. The second-order valence-electron chi connectivity index (χ2n) is 3.76. The summed E-state index contributed by atoms with van der Waals surface area (Å²) >= 11 is 0. The molecule has 1 N–H and O–H groups in total. The molecule has 0 saturated heterocycles. The summed E-state index contributed by atoms with van der Waals surface area (Å²) in [6, 6.07) is 14.5. The van der Waals surface area contributed by atoms with Crippen molar-refractivity contribution in [3.63, 3.8) is 0 Å². The summed E-state index contributed by atoms with van der Waals surface area (Å²) in [5.41, 5.74) is 5.20. The minimum Gasteiger partial charge on any atom is -0.279 e. The molecule has 2 nitrogen and oxygen atoms in total. The van der Waals surface area contributed by atoms with Gasteiger partial charge in [-0.1, -0.05) is 29.8 Å². The van der Waals surface area contributed by atoms with Crippen molar-refractivity contribution in [1.82, 2.24) is 0 Å². The van der Waals surface area contributed by atoms with E-state index in [1.54, 1.807) is 12.1 Å². The zero-order chi connectivity index (χ0) is 12.1. The predicted octanol–water partition coefficient (Wildman–Crippen LogP) is 3.58. The molecule has 0 amide bonds. The van der Waals surface area contributed by atoms with Gasteiger partial charge in [0.2, 0.25) is 0 Å². The van der Waals surface area contributed by atoms with Crippen LogP contribution in [0.2, 0.25) is 0 Å². The second kappa shape index (κ2) is 5.25. The third-order valence-corrected chi connectivity index (χ3v) is 2.32. The number of anilines is 1. The minimum absolute atomic E-state index is 0.269. The summed E-state index contributed by atoms with van der Waals surface area (Å²) in [6.45, 7) is 1.92. The molecule has 0 aliphatic heterocycles. The highest BCUT2D eigenvalue weighted by atomic mass is 19.1. The van der Waals surface area contributed by atoms with Crippen LogP contribution in [0.25, 0.3) is 0 Å². The van der Waals surface area contributed by atoms with E-state index in [4.69, 9.17) is 0 Å². The molecule has 0 unspecified atom stereocenters. The van der Waals surface area contributed by atoms with Crippen LogP contribution in [0.4, 0.5) is 10.1 Å². The van der Waals surface area contributed by atoms with E-state index in [0.717, 1.165) is 11.3 Å². The number of nitrogens with one attached hydrogen (secondary N) is 1. The Bertz CT molecular complexity index is 521. The SMILES string of the molecule is Cc1ccc(F)c(C=NNc2ccccc2)c1. The van der Waals surface area contributed by atoms with Crippen molar-refractivity contribution in [3.8, 4) is 0 Å². The Morgan fingerprint density at radius 2 is 1.88 bits per heavy atom. The lowest BCUT2D eigenvalue weighted by Crippen LogP contribution is -1.93. The Morgan fingerprint density at radius 3 is 2.65 bits per heavy atom. The van der Waals surface area contributed by atoms with Crippen molar-refractivity contribution in [2.24, 2.45) is 5.10 Å². The topological polar surface area (TPSA) is 24.4 Å². The molecule has 2 aromatic rings. The van der Waals surface area contributed by atoms with Crippen LogP contribution in [0.3, 0.4) is 0 Å². The molecular weight excluding hydrogens is 215 g/mol. The van der Waals surface area contributed by atoms with Crippen LogP contribution in [-0.4, -0.2) is 6.21 Å². The van der Waals surface area contributed by atoms with Crippen molar-refractivity contribution in [1.29, 1.82) is 0 Å². The monoisotopic (exact) mass is 228 g/mol. The standard InChI is InChI=1S/C14H13FN2/c1-11-7-8-14(15)12(9-11)10-16-17-13-5-3-2-4-6-13/h2-10,17H,1H3. The molecule has 0 aliphatic carbocycles. The number of aryl methyl sites for hydroxylation is 1. The Hall–Kier alpha value is -2.16. The largest absolute Gasteiger partial charge is 0.279 e. The molecule has 0 radical (unpaired) electrons. The van der Waals surface area contributed by atoms with E-state index in [0.29, 0.717) is 5.56 Å². The maximum atomic E-state index is 13.4. The van der Waals surface area contributed by atoms with Crippen molar-refractivity contribution >= 4 is 11.9 Å². The Balaban J connectivity index is 2.08. The molecule has 0 bridgehead atoms. The number of nitrogens with zero attached hydrogens (tertiary/aromatic N) is 1. The van der Waals surface area contributed by atoms with Crippen molar-refractivity contribution in [2.75, 3.05) is 5.43 Å². The van der Waals surface area contributed by atoms with Gasteiger partial charge in [0.15, 0.2) is 0 Å². The highest BCUT2D eigenvalue weighted by molar-refractivity contribution is 5.80. The van der Waals surface area contributed by atoms with Gasteiger partial charge >= 0.3 is 0 Å². The fourth-order valence-corrected chi connectivity index (χ4v) is 1.45. The summed E-state index contributed by atoms with van der Waals surface area (Å²) in [7, 11) is 0. The molecule has 3 heteroatoms. The first-order valence-electron chi connectivity index (χ1n) is 5.36. The Kier molecular flexibility index (Phi) is 3.50. The van der Waals surface area contributed by atoms with Gasteiger partial charge in [-0.3, -0.25) is 5.43 Å². The summed E-state index contributed by atoms with van der Waals surface area (Å²) in [5.74, 6) is -0.269. The van der Waals surface area contributed by atoms with Crippen molar-refractivity contribution < 1.29 is 4.39 Å². The lowest BCUT2D eigenvalue weighted by Gasteiger charge is -2.00. The van der Waals surface area contributed by atoms with E-state index in [1.165, 1.54) is 12.3 Å². The molecule has 2 rings (SSSR count). The van der Waals surface area contributed by atoms with Gasteiger partial charge in [0, 0.05) is 5.56 Å². The average Bonchev–Trinajstić information content (AvgIpc) is 2.35. The lowest BCUT2D eigenvalue weighted by atomic mass is 10.1. The van der Waals surface area contributed by atoms with Crippen LogP contribution in [0.5, 0.6) is 0 Å². The molecule has 2 aromatic carbocycles. The average molecular weight is 228 g/mol. The van der Waals surface area contributed by atoms with Gasteiger partial charge in [-0.25, -0.2) is 4.39 Å². The maximum absolute atomic E-state index is 13.4. The molecular formula is C14H13FN2. The number of hydrogen-bond acceptors (Lipinski definition) is 2. The van der Waals surface area contributed by atoms with Gasteiger partial charge in [-0.2, -0.15) is 5.10 Å². The maximum Gasteiger partial charge on any atom is 0.132 e. The first-order chi connectivity index (χ1) is 8.25. The molecule has 0 heterocycles. The van der Waals surface area contributed by atoms with Gasteiger partial charge in [0.1, 0.15) is 5.82 Å². The lowest BCUT2D eigenvalue weighted by molar-refractivity contribution is 0.625. The Morgan fingerprint density at radius 1 is 1.12 bits per heavy atom. The number of hydrogen-bond donors (Lipinski definition) is 1. The summed E-state index contributed by atoms with van der Waals surface area (Å²) in [5, 5.41) is 4.00. The van der Waals surface area contributed by atoms with Crippen LogP contribution in [0.15, 0.2) is 53.6 Å². The minimum atomic E-state index is -0.269. The number of benzene rings is 2. The quantitative estimate of drug-likeness (QED) is 0.630. The Labute approximate surface area is 99.8 Å². The predicted molar refractivity (Wildman–Crippen MR) is 68.8 cm³/mol. The molecule has 86 valence electrons. The molecule has 0 aliphatic rings. The summed E-state index contributed by atoms with van der Waals surface area (Å²) in [6.07, 6.45) is 1.48. The third kappa shape index (κ3) is 3.14. The molecule has 0 aromatic heterocycles.